The highest BCUT2D eigenvalue weighted by Crippen LogP contribution is 2.05. The number of halogens is 1. The molecule has 0 aromatic carbocycles. The Morgan fingerprint density at radius 3 is 2.73 bits per heavy atom. The van der Waals surface area contributed by atoms with Crippen LogP contribution in [0.3, 0.4) is 0 Å². The molecule has 0 saturated heterocycles. The van der Waals surface area contributed by atoms with Crippen molar-refractivity contribution in [3.8, 4) is 0 Å². The average Bonchev–Trinajstić information content (AvgIpc) is 2.14. The van der Waals surface area contributed by atoms with Gasteiger partial charge in [0, 0.05) is 12.7 Å². The molecular formula is C10H13ClN2O2. The summed E-state index contributed by atoms with van der Waals surface area (Å²) in [4.78, 5) is 15.3. The summed E-state index contributed by atoms with van der Waals surface area (Å²) in [7, 11) is 0. The highest BCUT2D eigenvalue weighted by Gasteiger charge is 2.14. The van der Waals surface area contributed by atoms with Gasteiger partial charge in [-0.2, -0.15) is 0 Å². The predicted molar refractivity (Wildman–Crippen MR) is 57.9 cm³/mol. The lowest BCUT2D eigenvalue weighted by molar-refractivity contribution is 0.0694. The molecule has 0 spiro atoms. The zero-order chi connectivity index (χ0) is 11.5. The molecule has 0 aliphatic heterocycles. The summed E-state index contributed by atoms with van der Waals surface area (Å²) in [6, 6.07) is 3.12. The molecule has 0 unspecified atom stereocenters. The first kappa shape index (κ1) is 11.9. The number of carbonyl (C=O) groups excluding carboxylic acids is 1. The molecule has 1 amide bonds. The van der Waals surface area contributed by atoms with Gasteiger partial charge in [-0.3, -0.25) is 4.79 Å². The van der Waals surface area contributed by atoms with Crippen molar-refractivity contribution in [3.05, 3.63) is 29.0 Å². The van der Waals surface area contributed by atoms with Gasteiger partial charge < -0.3 is 10.4 Å². The van der Waals surface area contributed by atoms with Crippen LogP contribution in [0.25, 0.3) is 0 Å². The summed E-state index contributed by atoms with van der Waals surface area (Å²) in [6.07, 6.45) is 1.39. The van der Waals surface area contributed by atoms with Gasteiger partial charge in [0.1, 0.15) is 5.15 Å². The molecule has 0 aliphatic rings. The van der Waals surface area contributed by atoms with Gasteiger partial charge in [-0.15, -0.1) is 0 Å². The van der Waals surface area contributed by atoms with Crippen molar-refractivity contribution in [3.63, 3.8) is 0 Å². The first-order chi connectivity index (χ1) is 6.88. The first-order valence-electron chi connectivity index (χ1n) is 4.50. The zero-order valence-corrected chi connectivity index (χ0v) is 9.38. The van der Waals surface area contributed by atoms with Gasteiger partial charge in [0.15, 0.2) is 0 Å². The second-order valence-electron chi connectivity index (χ2n) is 3.86. The predicted octanol–water partition coefficient (Wildman–Crippen LogP) is 1.24. The maximum Gasteiger partial charge on any atom is 0.252 e. The van der Waals surface area contributed by atoms with Crippen molar-refractivity contribution in [2.75, 3.05) is 6.54 Å². The Bertz CT molecular complexity index is 343. The second-order valence-corrected chi connectivity index (χ2v) is 4.25. The van der Waals surface area contributed by atoms with E-state index in [1.807, 2.05) is 0 Å². The van der Waals surface area contributed by atoms with Crippen LogP contribution in [0, 0.1) is 0 Å². The summed E-state index contributed by atoms with van der Waals surface area (Å²) in [5.41, 5.74) is -0.501. The van der Waals surface area contributed by atoms with Gasteiger partial charge in [0.2, 0.25) is 0 Å². The Morgan fingerprint density at radius 2 is 2.27 bits per heavy atom. The SMILES string of the molecule is CC(C)(O)CNC(=O)c1ccc(Cl)nc1. The standard InChI is InChI=1S/C10H13ClN2O2/c1-10(2,15)6-13-9(14)7-3-4-8(11)12-5-7/h3-5,15H,6H2,1-2H3,(H,13,14). The van der Waals surface area contributed by atoms with Crippen molar-refractivity contribution in [1.29, 1.82) is 0 Å². The van der Waals surface area contributed by atoms with E-state index in [9.17, 15) is 9.90 Å². The Hall–Kier alpha value is -1.13. The van der Waals surface area contributed by atoms with Gasteiger partial charge in [-0.05, 0) is 26.0 Å². The van der Waals surface area contributed by atoms with Gasteiger partial charge >= 0.3 is 0 Å². The van der Waals surface area contributed by atoms with E-state index in [0.717, 1.165) is 0 Å². The Labute approximate surface area is 93.3 Å². The fourth-order valence-electron chi connectivity index (χ4n) is 0.909. The number of nitrogens with one attached hydrogen (secondary N) is 1. The van der Waals surface area contributed by atoms with Crippen LogP contribution in [0.2, 0.25) is 5.15 Å². The fraction of sp³-hybridized carbons (Fsp3) is 0.400. The number of hydrogen-bond acceptors (Lipinski definition) is 3. The van der Waals surface area contributed by atoms with E-state index < -0.39 is 5.60 Å². The molecule has 0 saturated carbocycles. The molecule has 4 nitrogen and oxygen atoms in total. The summed E-state index contributed by atoms with van der Waals surface area (Å²) in [5.74, 6) is -0.277. The molecule has 0 atom stereocenters. The number of amides is 1. The molecule has 0 bridgehead atoms. The van der Waals surface area contributed by atoms with Crippen molar-refractivity contribution >= 4 is 17.5 Å². The highest BCUT2D eigenvalue weighted by molar-refractivity contribution is 6.29. The molecule has 82 valence electrons. The van der Waals surface area contributed by atoms with Crippen molar-refractivity contribution in [2.45, 2.75) is 19.4 Å². The van der Waals surface area contributed by atoms with Crippen LogP contribution in [-0.2, 0) is 0 Å². The number of nitrogens with zero attached hydrogens (tertiary/aromatic N) is 1. The Balaban J connectivity index is 2.58. The van der Waals surface area contributed by atoms with E-state index in [1.165, 1.54) is 6.20 Å². The van der Waals surface area contributed by atoms with Crippen LogP contribution in [0.15, 0.2) is 18.3 Å². The maximum absolute atomic E-state index is 11.5. The quantitative estimate of drug-likeness (QED) is 0.766. The van der Waals surface area contributed by atoms with Crippen LogP contribution < -0.4 is 5.32 Å². The smallest absolute Gasteiger partial charge is 0.252 e. The van der Waals surface area contributed by atoms with E-state index in [1.54, 1.807) is 26.0 Å². The molecule has 1 aromatic rings. The minimum atomic E-state index is -0.921. The molecular weight excluding hydrogens is 216 g/mol. The molecule has 1 aromatic heterocycles. The van der Waals surface area contributed by atoms with Crippen LogP contribution >= 0.6 is 11.6 Å². The van der Waals surface area contributed by atoms with Crippen LogP contribution in [0.1, 0.15) is 24.2 Å². The fourth-order valence-corrected chi connectivity index (χ4v) is 1.02. The number of aromatic nitrogens is 1. The summed E-state index contributed by atoms with van der Waals surface area (Å²) in [5, 5.41) is 12.3. The molecule has 5 heteroatoms. The summed E-state index contributed by atoms with van der Waals surface area (Å²) in [6.45, 7) is 3.43. The molecule has 0 fully saturated rings. The Morgan fingerprint density at radius 1 is 1.60 bits per heavy atom. The second kappa shape index (κ2) is 4.59. The minimum Gasteiger partial charge on any atom is -0.389 e. The van der Waals surface area contributed by atoms with Crippen LogP contribution in [0.4, 0.5) is 0 Å². The number of pyridine rings is 1. The van der Waals surface area contributed by atoms with E-state index in [4.69, 9.17) is 11.6 Å². The topological polar surface area (TPSA) is 62.2 Å². The van der Waals surface area contributed by atoms with E-state index in [2.05, 4.69) is 10.3 Å². The lowest BCUT2D eigenvalue weighted by Gasteiger charge is -2.17. The van der Waals surface area contributed by atoms with Crippen molar-refractivity contribution < 1.29 is 9.90 Å². The van der Waals surface area contributed by atoms with Gasteiger partial charge in [-0.1, -0.05) is 11.6 Å². The average molecular weight is 229 g/mol. The zero-order valence-electron chi connectivity index (χ0n) is 8.62. The third-order valence-corrected chi connectivity index (χ3v) is 1.89. The molecule has 0 aliphatic carbocycles. The third-order valence-electron chi connectivity index (χ3n) is 1.67. The molecule has 0 radical (unpaired) electrons. The lowest BCUT2D eigenvalue weighted by atomic mass is 10.1. The third kappa shape index (κ3) is 4.27. The van der Waals surface area contributed by atoms with E-state index in [0.29, 0.717) is 10.7 Å². The first-order valence-corrected chi connectivity index (χ1v) is 4.88. The largest absolute Gasteiger partial charge is 0.389 e. The molecule has 1 heterocycles. The van der Waals surface area contributed by atoms with Gasteiger partial charge in [-0.25, -0.2) is 4.98 Å². The summed E-state index contributed by atoms with van der Waals surface area (Å²) < 4.78 is 0. The van der Waals surface area contributed by atoms with E-state index >= 15 is 0 Å². The molecule has 1 rings (SSSR count). The Kier molecular flexibility index (Phi) is 3.66. The monoisotopic (exact) mass is 228 g/mol. The molecule has 15 heavy (non-hydrogen) atoms. The van der Waals surface area contributed by atoms with Gasteiger partial charge in [0.05, 0.1) is 11.2 Å². The van der Waals surface area contributed by atoms with Crippen LogP contribution in [-0.4, -0.2) is 28.1 Å². The number of carbonyl (C=O) groups is 1. The number of rotatable bonds is 3. The summed E-state index contributed by atoms with van der Waals surface area (Å²) >= 11 is 5.58. The van der Waals surface area contributed by atoms with Gasteiger partial charge in [0.25, 0.3) is 5.91 Å². The molecule has 2 N–H and O–H groups in total. The van der Waals surface area contributed by atoms with Crippen molar-refractivity contribution in [1.82, 2.24) is 10.3 Å². The number of aliphatic hydroxyl groups is 1. The number of hydrogen-bond donors (Lipinski definition) is 2. The van der Waals surface area contributed by atoms with Crippen LogP contribution in [0.5, 0.6) is 0 Å². The van der Waals surface area contributed by atoms with E-state index in [-0.39, 0.29) is 12.5 Å². The minimum absolute atomic E-state index is 0.189. The normalized spacial score (nSPS) is 11.2. The lowest BCUT2D eigenvalue weighted by Crippen LogP contribution is -2.38. The maximum atomic E-state index is 11.5. The highest BCUT2D eigenvalue weighted by atomic mass is 35.5. The van der Waals surface area contributed by atoms with Crippen molar-refractivity contribution in [2.24, 2.45) is 0 Å².